The lowest BCUT2D eigenvalue weighted by Crippen LogP contribution is -2.30. The first kappa shape index (κ1) is 13.8. The van der Waals surface area contributed by atoms with Gasteiger partial charge in [-0.15, -0.1) is 0 Å². The lowest BCUT2D eigenvalue weighted by atomic mass is 9.98. The van der Waals surface area contributed by atoms with Crippen LogP contribution in [0.25, 0.3) is 0 Å². The van der Waals surface area contributed by atoms with Gasteiger partial charge in [0.2, 0.25) is 0 Å². The molecule has 1 heterocycles. The van der Waals surface area contributed by atoms with E-state index in [4.69, 9.17) is 9.47 Å². The van der Waals surface area contributed by atoms with Crippen molar-refractivity contribution in [3.05, 3.63) is 28.2 Å². The van der Waals surface area contributed by atoms with Crippen LogP contribution in [0, 0.1) is 0 Å². The van der Waals surface area contributed by atoms with Crippen molar-refractivity contribution in [2.45, 2.75) is 38.0 Å². The van der Waals surface area contributed by atoms with Gasteiger partial charge in [0.05, 0.1) is 25.4 Å². The Morgan fingerprint density at radius 2 is 2.22 bits per heavy atom. The second-order valence-corrected chi connectivity index (χ2v) is 5.63. The van der Waals surface area contributed by atoms with Gasteiger partial charge in [-0.05, 0) is 45.0 Å². The van der Waals surface area contributed by atoms with Crippen LogP contribution in [0.3, 0.4) is 0 Å². The molecule has 0 spiro atoms. The fourth-order valence-electron chi connectivity index (χ4n) is 2.57. The van der Waals surface area contributed by atoms with Crippen LogP contribution in [0.1, 0.15) is 31.4 Å². The van der Waals surface area contributed by atoms with Gasteiger partial charge in [0.1, 0.15) is 5.75 Å². The summed E-state index contributed by atoms with van der Waals surface area (Å²) in [5.41, 5.74) is 1.15. The average molecular weight is 314 g/mol. The van der Waals surface area contributed by atoms with Gasteiger partial charge >= 0.3 is 0 Å². The highest BCUT2D eigenvalue weighted by Crippen LogP contribution is 2.35. The summed E-state index contributed by atoms with van der Waals surface area (Å²) in [5, 5.41) is 3.36. The molecule has 1 N–H and O–H groups in total. The van der Waals surface area contributed by atoms with E-state index in [-0.39, 0.29) is 12.1 Å². The summed E-state index contributed by atoms with van der Waals surface area (Å²) in [6.07, 6.45) is 2.78. The summed E-state index contributed by atoms with van der Waals surface area (Å²) in [6, 6.07) is 6.25. The highest BCUT2D eigenvalue weighted by molar-refractivity contribution is 9.10. The Hall–Kier alpha value is -0.580. The first-order chi connectivity index (χ1) is 8.65. The maximum absolute atomic E-state index is 5.97. The zero-order valence-electron chi connectivity index (χ0n) is 11.1. The third kappa shape index (κ3) is 2.87. The summed E-state index contributed by atoms with van der Waals surface area (Å²) in [6.45, 7) is 2.13. The second kappa shape index (κ2) is 6.04. The zero-order valence-corrected chi connectivity index (χ0v) is 12.7. The van der Waals surface area contributed by atoms with Crippen LogP contribution in [-0.2, 0) is 4.74 Å². The molecular formula is C14H20BrNO2. The number of rotatable bonds is 4. The predicted octanol–water partition coefficient (Wildman–Crippen LogP) is 3.29. The fraction of sp³-hybridized carbons (Fsp3) is 0.571. The largest absolute Gasteiger partial charge is 0.496 e. The molecule has 0 amide bonds. The Bertz CT molecular complexity index is 411. The van der Waals surface area contributed by atoms with Gasteiger partial charge in [0.25, 0.3) is 0 Å². The van der Waals surface area contributed by atoms with E-state index < -0.39 is 0 Å². The van der Waals surface area contributed by atoms with Gasteiger partial charge in [-0.25, -0.2) is 0 Å². The number of likely N-dealkylation sites (N-methyl/N-ethyl adjacent to an activating group) is 1. The summed E-state index contributed by atoms with van der Waals surface area (Å²) in [7, 11) is 3.68. The zero-order chi connectivity index (χ0) is 13.1. The van der Waals surface area contributed by atoms with E-state index in [2.05, 4.69) is 34.2 Å². The monoisotopic (exact) mass is 313 g/mol. The highest BCUT2D eigenvalue weighted by Gasteiger charge is 2.31. The smallest absolute Gasteiger partial charge is 0.123 e. The van der Waals surface area contributed by atoms with Crippen molar-refractivity contribution >= 4 is 15.9 Å². The predicted molar refractivity (Wildman–Crippen MR) is 76.1 cm³/mol. The Labute approximate surface area is 117 Å². The van der Waals surface area contributed by atoms with Crippen molar-refractivity contribution in [3.8, 4) is 5.75 Å². The molecule has 100 valence electrons. The summed E-state index contributed by atoms with van der Waals surface area (Å²) >= 11 is 3.52. The lowest BCUT2D eigenvalue weighted by molar-refractivity contribution is 0.0328. The van der Waals surface area contributed by atoms with E-state index in [9.17, 15) is 0 Å². The molecule has 0 saturated carbocycles. The third-order valence-corrected chi connectivity index (χ3v) is 3.97. The van der Waals surface area contributed by atoms with Crippen LogP contribution in [0.4, 0.5) is 0 Å². The molecule has 1 fully saturated rings. The molecule has 3 atom stereocenters. The standard InChI is InChI=1S/C14H20BrNO2/c1-9-4-6-13(18-9)14(16-2)11-8-10(15)5-7-12(11)17-3/h5,7-9,13-14,16H,4,6H2,1-3H3. The lowest BCUT2D eigenvalue weighted by Gasteiger charge is -2.25. The molecule has 0 bridgehead atoms. The summed E-state index contributed by atoms with van der Waals surface area (Å²) in [4.78, 5) is 0. The number of hydrogen-bond acceptors (Lipinski definition) is 3. The van der Waals surface area contributed by atoms with Crippen molar-refractivity contribution in [1.82, 2.24) is 5.32 Å². The minimum atomic E-state index is 0.169. The third-order valence-electron chi connectivity index (χ3n) is 3.47. The Morgan fingerprint density at radius 3 is 2.78 bits per heavy atom. The molecule has 3 nitrogen and oxygen atoms in total. The van der Waals surface area contributed by atoms with Crippen molar-refractivity contribution < 1.29 is 9.47 Å². The van der Waals surface area contributed by atoms with Crippen LogP contribution < -0.4 is 10.1 Å². The van der Waals surface area contributed by atoms with E-state index >= 15 is 0 Å². The molecule has 1 aromatic carbocycles. The van der Waals surface area contributed by atoms with Crippen molar-refractivity contribution in [2.75, 3.05) is 14.2 Å². The molecule has 1 aliphatic heterocycles. The van der Waals surface area contributed by atoms with Crippen LogP contribution in [-0.4, -0.2) is 26.4 Å². The van der Waals surface area contributed by atoms with Crippen LogP contribution >= 0.6 is 15.9 Å². The summed E-state index contributed by atoms with van der Waals surface area (Å²) < 4.78 is 12.5. The van der Waals surface area contributed by atoms with E-state index in [0.717, 1.165) is 28.6 Å². The normalized spacial score (nSPS) is 25.1. The van der Waals surface area contributed by atoms with Crippen molar-refractivity contribution in [2.24, 2.45) is 0 Å². The Balaban J connectivity index is 2.29. The first-order valence-corrected chi connectivity index (χ1v) is 7.11. The molecular weight excluding hydrogens is 294 g/mol. The van der Waals surface area contributed by atoms with Gasteiger partial charge in [-0.2, -0.15) is 0 Å². The molecule has 4 heteroatoms. The van der Waals surface area contributed by atoms with Crippen LogP contribution in [0.5, 0.6) is 5.75 Å². The van der Waals surface area contributed by atoms with E-state index in [1.807, 2.05) is 19.2 Å². The van der Waals surface area contributed by atoms with Crippen LogP contribution in [0.2, 0.25) is 0 Å². The van der Waals surface area contributed by atoms with Gasteiger partial charge in [0, 0.05) is 10.0 Å². The molecule has 0 aromatic heterocycles. The SMILES string of the molecule is CNC(c1cc(Br)ccc1OC)C1CCC(C)O1. The Kier molecular flexibility index (Phi) is 4.65. The molecule has 0 radical (unpaired) electrons. The van der Waals surface area contributed by atoms with Gasteiger partial charge in [0.15, 0.2) is 0 Å². The second-order valence-electron chi connectivity index (χ2n) is 4.72. The minimum absolute atomic E-state index is 0.169. The highest BCUT2D eigenvalue weighted by atomic mass is 79.9. The first-order valence-electron chi connectivity index (χ1n) is 6.32. The van der Waals surface area contributed by atoms with E-state index in [1.165, 1.54) is 0 Å². The summed E-state index contributed by atoms with van der Waals surface area (Å²) in [5.74, 6) is 0.903. The van der Waals surface area contributed by atoms with Gasteiger partial charge in [-0.3, -0.25) is 0 Å². The minimum Gasteiger partial charge on any atom is -0.496 e. The van der Waals surface area contributed by atoms with Gasteiger partial charge in [-0.1, -0.05) is 15.9 Å². The van der Waals surface area contributed by atoms with Crippen LogP contribution in [0.15, 0.2) is 22.7 Å². The molecule has 1 saturated heterocycles. The number of hydrogen-bond donors (Lipinski definition) is 1. The van der Waals surface area contributed by atoms with Crippen molar-refractivity contribution in [1.29, 1.82) is 0 Å². The fourth-order valence-corrected chi connectivity index (χ4v) is 2.95. The number of ether oxygens (including phenoxy) is 2. The molecule has 2 rings (SSSR count). The molecule has 18 heavy (non-hydrogen) atoms. The topological polar surface area (TPSA) is 30.5 Å². The van der Waals surface area contributed by atoms with Gasteiger partial charge < -0.3 is 14.8 Å². The number of halogens is 1. The molecule has 1 aliphatic rings. The Morgan fingerprint density at radius 1 is 1.44 bits per heavy atom. The number of nitrogens with one attached hydrogen (secondary N) is 1. The molecule has 1 aromatic rings. The quantitative estimate of drug-likeness (QED) is 0.925. The maximum Gasteiger partial charge on any atom is 0.123 e. The van der Waals surface area contributed by atoms with E-state index in [0.29, 0.717) is 6.10 Å². The number of methoxy groups -OCH3 is 1. The van der Waals surface area contributed by atoms with Crippen molar-refractivity contribution in [3.63, 3.8) is 0 Å². The average Bonchev–Trinajstić information content (AvgIpc) is 2.77. The van der Waals surface area contributed by atoms with E-state index in [1.54, 1.807) is 7.11 Å². The molecule has 3 unspecified atom stereocenters. The number of benzene rings is 1. The maximum atomic E-state index is 5.97. The molecule has 0 aliphatic carbocycles.